The predicted molar refractivity (Wildman–Crippen MR) is 86.0 cm³/mol. The maximum atomic E-state index is 11.9. The first-order valence-corrected chi connectivity index (χ1v) is 8.58. The summed E-state index contributed by atoms with van der Waals surface area (Å²) < 4.78 is 26.2. The van der Waals surface area contributed by atoms with Gasteiger partial charge in [0.1, 0.15) is 0 Å². The number of sulfonamides is 1. The van der Waals surface area contributed by atoms with E-state index in [1.54, 1.807) is 12.1 Å². The lowest BCUT2D eigenvalue weighted by Gasteiger charge is -2.37. The number of nitrogens with zero attached hydrogens (tertiary/aromatic N) is 2. The van der Waals surface area contributed by atoms with E-state index in [0.29, 0.717) is 11.7 Å². The van der Waals surface area contributed by atoms with Gasteiger partial charge in [0.05, 0.1) is 16.3 Å². The van der Waals surface area contributed by atoms with Gasteiger partial charge in [-0.3, -0.25) is 0 Å². The van der Waals surface area contributed by atoms with Gasteiger partial charge in [-0.2, -0.15) is 0 Å². The van der Waals surface area contributed by atoms with E-state index in [9.17, 15) is 8.42 Å². The highest BCUT2D eigenvalue weighted by atomic mass is 32.2. The summed E-state index contributed by atoms with van der Waals surface area (Å²) in [7, 11) is 2.15. The molecule has 1 aliphatic rings. The maximum Gasteiger partial charge on any atom is 0.240 e. The number of nitrogens with two attached hydrogens (primary N) is 1. The molecule has 3 N–H and O–H groups in total. The molecule has 1 heterocycles. The van der Waals surface area contributed by atoms with E-state index >= 15 is 0 Å². The second-order valence-electron chi connectivity index (χ2n) is 5.61. The van der Waals surface area contributed by atoms with Gasteiger partial charge < -0.3 is 15.5 Å². The maximum absolute atomic E-state index is 11.9. The largest absolute Gasteiger partial charge is 0.397 e. The minimum atomic E-state index is -3.44. The van der Waals surface area contributed by atoms with E-state index < -0.39 is 10.0 Å². The minimum absolute atomic E-state index is 0.254. The van der Waals surface area contributed by atoms with Gasteiger partial charge in [0.2, 0.25) is 10.0 Å². The van der Waals surface area contributed by atoms with Crippen LogP contribution in [0.5, 0.6) is 0 Å². The van der Waals surface area contributed by atoms with E-state index in [4.69, 9.17) is 5.73 Å². The fourth-order valence-corrected chi connectivity index (χ4v) is 3.46. The molecule has 0 unspecified atom stereocenters. The number of benzene rings is 1. The van der Waals surface area contributed by atoms with Crippen molar-refractivity contribution >= 4 is 21.4 Å². The molecule has 1 fully saturated rings. The normalized spacial score (nSPS) is 17.4. The zero-order chi connectivity index (χ0) is 15.6. The molecule has 1 saturated heterocycles. The van der Waals surface area contributed by atoms with Crippen LogP contribution in [0.2, 0.25) is 0 Å². The van der Waals surface area contributed by atoms with Crippen LogP contribution in [0.15, 0.2) is 23.1 Å². The zero-order valence-corrected chi connectivity index (χ0v) is 13.7. The summed E-state index contributed by atoms with van der Waals surface area (Å²) >= 11 is 0. The van der Waals surface area contributed by atoms with Crippen molar-refractivity contribution in [2.75, 3.05) is 44.9 Å². The lowest BCUT2D eigenvalue weighted by atomic mass is 10.0. The van der Waals surface area contributed by atoms with Crippen LogP contribution < -0.4 is 15.4 Å². The smallest absolute Gasteiger partial charge is 0.240 e. The van der Waals surface area contributed by atoms with Gasteiger partial charge in [-0.05, 0) is 52.2 Å². The second-order valence-corrected chi connectivity index (χ2v) is 7.50. The molecular weight excluding hydrogens is 288 g/mol. The topological polar surface area (TPSA) is 78.7 Å². The SMILES string of the molecule is CNS(=O)(=O)c1ccc(N)c(N2CCC(N(C)C)CC2)c1. The molecule has 0 saturated carbocycles. The monoisotopic (exact) mass is 312 g/mol. The van der Waals surface area contributed by atoms with Gasteiger partial charge in [0.15, 0.2) is 0 Å². The van der Waals surface area contributed by atoms with Crippen LogP contribution in [0.1, 0.15) is 12.8 Å². The van der Waals surface area contributed by atoms with Crippen molar-refractivity contribution in [1.29, 1.82) is 0 Å². The third-order valence-electron chi connectivity index (χ3n) is 4.12. The molecule has 7 heteroatoms. The van der Waals surface area contributed by atoms with Crippen molar-refractivity contribution in [3.63, 3.8) is 0 Å². The number of nitrogen functional groups attached to an aromatic ring is 1. The highest BCUT2D eigenvalue weighted by Gasteiger charge is 2.23. The molecule has 6 nitrogen and oxygen atoms in total. The summed E-state index contributed by atoms with van der Waals surface area (Å²) in [5, 5.41) is 0. The summed E-state index contributed by atoms with van der Waals surface area (Å²) in [6.45, 7) is 1.77. The van der Waals surface area contributed by atoms with Crippen LogP contribution in [0.25, 0.3) is 0 Å². The van der Waals surface area contributed by atoms with Gasteiger partial charge in [-0.1, -0.05) is 0 Å². The predicted octanol–water partition coefficient (Wildman–Crippen LogP) is 0.707. The molecular formula is C14H24N4O2S. The second kappa shape index (κ2) is 6.21. The summed E-state index contributed by atoms with van der Waals surface area (Å²) in [6, 6.07) is 5.44. The Bertz CT molecular complexity index is 593. The van der Waals surface area contributed by atoms with E-state index in [1.807, 2.05) is 0 Å². The van der Waals surface area contributed by atoms with Crippen molar-refractivity contribution in [1.82, 2.24) is 9.62 Å². The number of rotatable bonds is 4. The van der Waals surface area contributed by atoms with Crippen molar-refractivity contribution in [3.8, 4) is 0 Å². The molecule has 1 aliphatic heterocycles. The summed E-state index contributed by atoms with van der Waals surface area (Å²) in [6.07, 6.45) is 2.10. The summed E-state index contributed by atoms with van der Waals surface area (Å²) in [5.41, 5.74) is 7.46. The molecule has 0 atom stereocenters. The lowest BCUT2D eigenvalue weighted by molar-refractivity contribution is 0.250. The molecule has 1 aromatic rings. The van der Waals surface area contributed by atoms with Gasteiger partial charge in [0.25, 0.3) is 0 Å². The average Bonchev–Trinajstić information content (AvgIpc) is 2.47. The Labute approximate surface area is 127 Å². The number of hydrogen-bond donors (Lipinski definition) is 2. The first kappa shape index (κ1) is 16.1. The van der Waals surface area contributed by atoms with Crippen LogP contribution in [0.3, 0.4) is 0 Å². The third-order valence-corrected chi connectivity index (χ3v) is 5.53. The van der Waals surface area contributed by atoms with Gasteiger partial charge in [0, 0.05) is 19.1 Å². The molecule has 0 bridgehead atoms. The number of piperidine rings is 1. The van der Waals surface area contributed by atoms with Crippen LogP contribution in [-0.2, 0) is 10.0 Å². The number of nitrogens with one attached hydrogen (secondary N) is 1. The van der Waals surface area contributed by atoms with Gasteiger partial charge in [-0.25, -0.2) is 13.1 Å². The molecule has 2 rings (SSSR count). The zero-order valence-electron chi connectivity index (χ0n) is 12.8. The molecule has 1 aromatic carbocycles. The molecule has 0 amide bonds. The number of hydrogen-bond acceptors (Lipinski definition) is 5. The fraction of sp³-hybridized carbons (Fsp3) is 0.571. The average molecular weight is 312 g/mol. The van der Waals surface area contributed by atoms with Crippen molar-refractivity contribution in [2.45, 2.75) is 23.8 Å². The van der Waals surface area contributed by atoms with Gasteiger partial charge >= 0.3 is 0 Å². The summed E-state index contributed by atoms with van der Waals surface area (Å²) in [4.78, 5) is 4.66. The van der Waals surface area contributed by atoms with Crippen LogP contribution in [0, 0.1) is 0 Å². The van der Waals surface area contributed by atoms with Crippen molar-refractivity contribution < 1.29 is 8.42 Å². The van der Waals surface area contributed by atoms with Crippen LogP contribution >= 0.6 is 0 Å². The Morgan fingerprint density at radius 3 is 2.43 bits per heavy atom. The Balaban J connectivity index is 2.23. The van der Waals surface area contributed by atoms with Crippen molar-refractivity contribution in [2.24, 2.45) is 0 Å². The Morgan fingerprint density at radius 2 is 1.90 bits per heavy atom. The molecule has 0 aliphatic carbocycles. The number of anilines is 2. The highest BCUT2D eigenvalue weighted by molar-refractivity contribution is 7.89. The fourth-order valence-electron chi connectivity index (χ4n) is 2.71. The van der Waals surface area contributed by atoms with E-state index in [1.165, 1.54) is 13.1 Å². The minimum Gasteiger partial charge on any atom is -0.397 e. The lowest BCUT2D eigenvalue weighted by Crippen LogP contribution is -2.42. The molecule has 21 heavy (non-hydrogen) atoms. The molecule has 118 valence electrons. The Morgan fingerprint density at radius 1 is 1.29 bits per heavy atom. The first-order valence-electron chi connectivity index (χ1n) is 7.09. The molecule has 0 spiro atoms. The van der Waals surface area contributed by atoms with E-state index in [0.717, 1.165) is 31.6 Å². The van der Waals surface area contributed by atoms with E-state index in [-0.39, 0.29) is 4.90 Å². The first-order chi connectivity index (χ1) is 9.85. The van der Waals surface area contributed by atoms with Gasteiger partial charge in [-0.15, -0.1) is 0 Å². The standard InChI is InChI=1S/C14H24N4O2S/c1-16-21(19,20)12-4-5-13(15)14(10-12)18-8-6-11(7-9-18)17(2)3/h4-5,10-11,16H,6-9,15H2,1-3H3. The molecule has 0 aromatic heterocycles. The van der Waals surface area contributed by atoms with Crippen LogP contribution in [0.4, 0.5) is 11.4 Å². The third kappa shape index (κ3) is 3.48. The van der Waals surface area contributed by atoms with E-state index in [2.05, 4.69) is 28.6 Å². The highest BCUT2D eigenvalue weighted by Crippen LogP contribution is 2.29. The Kier molecular flexibility index (Phi) is 4.75. The summed E-state index contributed by atoms with van der Waals surface area (Å²) in [5.74, 6) is 0. The molecule has 0 radical (unpaired) electrons. The van der Waals surface area contributed by atoms with Crippen molar-refractivity contribution in [3.05, 3.63) is 18.2 Å². The Hall–Kier alpha value is -1.31. The van der Waals surface area contributed by atoms with Crippen LogP contribution in [-0.4, -0.2) is 53.6 Å². The quantitative estimate of drug-likeness (QED) is 0.801.